The van der Waals surface area contributed by atoms with Gasteiger partial charge in [-0.05, 0) is 38.2 Å². The molecular weight excluding hydrogens is 309 g/mol. The number of halogens is 1. The van der Waals surface area contributed by atoms with E-state index in [0.29, 0.717) is 19.7 Å². The summed E-state index contributed by atoms with van der Waals surface area (Å²) in [6.07, 6.45) is -0.607. The van der Waals surface area contributed by atoms with E-state index in [-0.39, 0.29) is 18.2 Å². The molecule has 4 nitrogen and oxygen atoms in total. The molecule has 0 bridgehead atoms. The van der Waals surface area contributed by atoms with Crippen LogP contribution in [0, 0.1) is 12.7 Å². The van der Waals surface area contributed by atoms with Crippen molar-refractivity contribution in [2.24, 2.45) is 0 Å². The van der Waals surface area contributed by atoms with Crippen molar-refractivity contribution < 1.29 is 19.0 Å². The van der Waals surface area contributed by atoms with Gasteiger partial charge < -0.3 is 19.5 Å². The Hall–Kier alpha value is -2.11. The third-order valence-electron chi connectivity index (χ3n) is 3.55. The van der Waals surface area contributed by atoms with E-state index in [4.69, 9.17) is 9.47 Å². The summed E-state index contributed by atoms with van der Waals surface area (Å²) in [7, 11) is 1.87. The highest BCUT2D eigenvalue weighted by Crippen LogP contribution is 2.15. The minimum Gasteiger partial charge on any atom is -0.491 e. The Bertz CT molecular complexity index is 618. The summed E-state index contributed by atoms with van der Waals surface area (Å²) in [5.74, 6) is 0.617. The predicted octanol–water partition coefficient (Wildman–Crippen LogP) is 2.88. The number of aliphatic hydroxyl groups excluding tert-OH is 1. The molecule has 0 heterocycles. The zero-order valence-electron chi connectivity index (χ0n) is 14.1. The second kappa shape index (κ2) is 9.25. The maximum atomic E-state index is 13.4. The third kappa shape index (κ3) is 6.18. The Morgan fingerprint density at radius 2 is 1.79 bits per heavy atom. The zero-order chi connectivity index (χ0) is 17.4. The number of hydrogen-bond acceptors (Lipinski definition) is 4. The first-order chi connectivity index (χ1) is 11.5. The van der Waals surface area contributed by atoms with E-state index < -0.39 is 6.10 Å². The van der Waals surface area contributed by atoms with Crippen LogP contribution in [0.2, 0.25) is 0 Å². The van der Waals surface area contributed by atoms with Gasteiger partial charge in [-0.25, -0.2) is 4.39 Å². The van der Waals surface area contributed by atoms with Gasteiger partial charge in [0.05, 0.1) is 0 Å². The highest BCUT2D eigenvalue weighted by atomic mass is 19.1. The number of aryl methyl sites for hydroxylation is 1. The largest absolute Gasteiger partial charge is 0.491 e. The summed E-state index contributed by atoms with van der Waals surface area (Å²) in [5, 5.41) is 10.0. The minimum absolute atomic E-state index is 0.224. The highest BCUT2D eigenvalue weighted by molar-refractivity contribution is 5.26. The number of ether oxygens (including phenoxy) is 2. The predicted molar refractivity (Wildman–Crippen MR) is 92.1 cm³/mol. The Balaban J connectivity index is 1.65. The zero-order valence-corrected chi connectivity index (χ0v) is 14.1. The number of aliphatic hydroxyl groups is 1. The number of nitrogens with zero attached hydrogens (tertiary/aromatic N) is 1. The summed E-state index contributed by atoms with van der Waals surface area (Å²) < 4.78 is 24.4. The number of para-hydroxylation sites is 1. The maximum Gasteiger partial charge on any atom is 0.165 e. The fourth-order valence-corrected chi connectivity index (χ4v) is 2.20. The molecule has 0 radical (unpaired) electrons. The Morgan fingerprint density at radius 1 is 1.08 bits per heavy atom. The van der Waals surface area contributed by atoms with Crippen LogP contribution in [-0.4, -0.2) is 49.5 Å². The smallest absolute Gasteiger partial charge is 0.165 e. The molecule has 5 heteroatoms. The van der Waals surface area contributed by atoms with Gasteiger partial charge >= 0.3 is 0 Å². The molecule has 0 aliphatic rings. The van der Waals surface area contributed by atoms with Gasteiger partial charge in [0, 0.05) is 13.1 Å². The van der Waals surface area contributed by atoms with Gasteiger partial charge in [-0.2, -0.15) is 0 Å². The Kier molecular flexibility index (Phi) is 7.03. The third-order valence-corrected chi connectivity index (χ3v) is 3.55. The molecular formula is C19H24FNO3. The average molecular weight is 333 g/mol. The van der Waals surface area contributed by atoms with Crippen LogP contribution in [0.25, 0.3) is 0 Å². The summed E-state index contributed by atoms with van der Waals surface area (Å²) >= 11 is 0. The van der Waals surface area contributed by atoms with Gasteiger partial charge in [-0.15, -0.1) is 0 Å². The van der Waals surface area contributed by atoms with Gasteiger partial charge in [0.25, 0.3) is 0 Å². The van der Waals surface area contributed by atoms with Gasteiger partial charge in [-0.3, -0.25) is 0 Å². The monoisotopic (exact) mass is 333 g/mol. The van der Waals surface area contributed by atoms with Crippen molar-refractivity contribution in [3.63, 3.8) is 0 Å². The SMILES string of the molecule is Cc1ccc(OCC(O)CN(C)CCOc2ccccc2F)cc1. The molecule has 0 spiro atoms. The lowest BCUT2D eigenvalue weighted by molar-refractivity contribution is 0.0721. The number of hydrogen-bond donors (Lipinski definition) is 1. The molecule has 0 aromatic heterocycles. The molecule has 0 amide bonds. The molecule has 2 rings (SSSR count). The van der Waals surface area contributed by atoms with Crippen LogP contribution in [0.4, 0.5) is 4.39 Å². The molecule has 2 aromatic rings. The van der Waals surface area contributed by atoms with Gasteiger partial charge in [0.15, 0.2) is 11.6 Å². The van der Waals surface area contributed by atoms with Crippen LogP contribution < -0.4 is 9.47 Å². The number of rotatable bonds is 9. The first-order valence-corrected chi connectivity index (χ1v) is 7.98. The number of likely N-dealkylation sites (N-methyl/N-ethyl adjacent to an activating group) is 1. The van der Waals surface area contributed by atoms with Crippen molar-refractivity contribution in [2.45, 2.75) is 13.0 Å². The second-order valence-corrected chi connectivity index (χ2v) is 5.82. The molecule has 1 atom stereocenters. The fraction of sp³-hybridized carbons (Fsp3) is 0.368. The molecule has 0 saturated carbocycles. The van der Waals surface area contributed by atoms with Crippen molar-refractivity contribution in [2.75, 3.05) is 33.4 Å². The Morgan fingerprint density at radius 3 is 2.50 bits per heavy atom. The van der Waals surface area contributed by atoms with E-state index >= 15 is 0 Å². The Labute approximate surface area is 142 Å². The standard InChI is InChI=1S/C19H24FNO3/c1-15-7-9-17(10-8-15)24-14-16(22)13-21(2)11-12-23-19-6-4-3-5-18(19)20/h3-10,16,22H,11-14H2,1-2H3. The molecule has 24 heavy (non-hydrogen) atoms. The molecule has 1 N–H and O–H groups in total. The fourth-order valence-electron chi connectivity index (χ4n) is 2.20. The van der Waals surface area contributed by atoms with Crippen molar-refractivity contribution in [3.05, 3.63) is 59.9 Å². The van der Waals surface area contributed by atoms with Crippen LogP contribution >= 0.6 is 0 Å². The summed E-state index contributed by atoms with van der Waals surface area (Å²) in [6.45, 7) is 3.62. The van der Waals surface area contributed by atoms with Crippen LogP contribution in [-0.2, 0) is 0 Å². The van der Waals surface area contributed by atoms with E-state index in [2.05, 4.69) is 0 Å². The first kappa shape index (κ1) is 18.2. The molecule has 0 fully saturated rings. The van der Waals surface area contributed by atoms with Crippen LogP contribution in [0.3, 0.4) is 0 Å². The van der Waals surface area contributed by atoms with Crippen molar-refractivity contribution >= 4 is 0 Å². The lowest BCUT2D eigenvalue weighted by atomic mass is 10.2. The van der Waals surface area contributed by atoms with Crippen LogP contribution in [0.5, 0.6) is 11.5 Å². The van der Waals surface area contributed by atoms with Crippen molar-refractivity contribution in [1.29, 1.82) is 0 Å². The lowest BCUT2D eigenvalue weighted by Crippen LogP contribution is -2.35. The molecule has 1 unspecified atom stereocenters. The maximum absolute atomic E-state index is 13.4. The van der Waals surface area contributed by atoms with E-state index in [1.165, 1.54) is 6.07 Å². The van der Waals surface area contributed by atoms with E-state index in [1.54, 1.807) is 18.2 Å². The van der Waals surface area contributed by atoms with Crippen molar-refractivity contribution in [1.82, 2.24) is 4.90 Å². The lowest BCUT2D eigenvalue weighted by Gasteiger charge is -2.21. The normalized spacial score (nSPS) is 12.2. The summed E-state index contributed by atoms with van der Waals surface area (Å²) in [4.78, 5) is 1.92. The topological polar surface area (TPSA) is 41.9 Å². The second-order valence-electron chi connectivity index (χ2n) is 5.82. The number of benzene rings is 2. The van der Waals surface area contributed by atoms with Crippen molar-refractivity contribution in [3.8, 4) is 11.5 Å². The van der Waals surface area contributed by atoms with Crippen LogP contribution in [0.15, 0.2) is 48.5 Å². The molecule has 0 saturated heterocycles. The van der Waals surface area contributed by atoms with Gasteiger partial charge in [0.2, 0.25) is 0 Å². The highest BCUT2D eigenvalue weighted by Gasteiger charge is 2.10. The van der Waals surface area contributed by atoms with Crippen LogP contribution in [0.1, 0.15) is 5.56 Å². The first-order valence-electron chi connectivity index (χ1n) is 7.98. The summed E-state index contributed by atoms with van der Waals surface area (Å²) in [6, 6.07) is 14.0. The molecule has 130 valence electrons. The van der Waals surface area contributed by atoms with Gasteiger partial charge in [-0.1, -0.05) is 29.8 Å². The van der Waals surface area contributed by atoms with E-state index in [0.717, 1.165) is 11.3 Å². The minimum atomic E-state index is -0.607. The summed E-state index contributed by atoms with van der Waals surface area (Å²) in [5.41, 5.74) is 1.16. The molecule has 0 aliphatic carbocycles. The molecule has 2 aromatic carbocycles. The van der Waals surface area contributed by atoms with Gasteiger partial charge in [0.1, 0.15) is 25.1 Å². The quantitative estimate of drug-likeness (QED) is 0.766. The average Bonchev–Trinajstić information content (AvgIpc) is 2.56. The van der Waals surface area contributed by atoms with E-state index in [9.17, 15) is 9.50 Å². The van der Waals surface area contributed by atoms with E-state index in [1.807, 2.05) is 43.1 Å². The molecule has 0 aliphatic heterocycles.